The minimum absolute atomic E-state index is 0.0397. The molecule has 210 valence electrons. The number of amides is 1. The molecule has 2 atom stereocenters. The van der Waals surface area contributed by atoms with E-state index >= 15 is 0 Å². The maximum atomic E-state index is 14.1. The lowest BCUT2D eigenvalue weighted by molar-refractivity contribution is 0.00566. The Balaban J connectivity index is 1.21. The maximum Gasteiger partial charge on any atom is 0.256 e. The summed E-state index contributed by atoms with van der Waals surface area (Å²) < 4.78 is 26.3. The number of hydrogen-bond acceptors (Lipinski definition) is 10. The standard InChI is InChI=1S/C28H27FN8O4/c1-28(2,39)15-41-20-6-21(25-17(7-30)9-34-36(25)14-20)23-10-32-24(11-31-23)35-12-18-5-19(13-35)37(18)27(38)16-4-22(29)26(40-3)33-8-16/h4,6,8-11,14,18-19,39H,5,12-13,15H2,1-3H3. The van der Waals surface area contributed by atoms with Crippen LogP contribution in [0.15, 0.2) is 43.1 Å². The van der Waals surface area contributed by atoms with Crippen LogP contribution in [0, 0.1) is 17.1 Å². The van der Waals surface area contributed by atoms with E-state index in [4.69, 9.17) is 9.47 Å². The zero-order chi connectivity index (χ0) is 28.9. The third kappa shape index (κ3) is 4.87. The highest BCUT2D eigenvalue weighted by Gasteiger charge is 2.48. The lowest BCUT2D eigenvalue weighted by atomic mass is 9.86. The van der Waals surface area contributed by atoms with E-state index in [-0.39, 0.29) is 36.0 Å². The third-order valence-electron chi connectivity index (χ3n) is 7.21. The summed E-state index contributed by atoms with van der Waals surface area (Å²) in [6, 6.07) is 4.99. The maximum absolute atomic E-state index is 14.1. The molecule has 3 fully saturated rings. The van der Waals surface area contributed by atoms with Gasteiger partial charge < -0.3 is 24.4 Å². The molecule has 0 spiro atoms. The monoisotopic (exact) mass is 558 g/mol. The summed E-state index contributed by atoms with van der Waals surface area (Å²) in [5, 5.41) is 24.0. The summed E-state index contributed by atoms with van der Waals surface area (Å²) in [5.41, 5.74) is 1.25. The molecule has 12 nitrogen and oxygen atoms in total. The SMILES string of the molecule is COc1ncc(C(=O)N2C3CC2CN(c2cnc(-c4cc(OCC(C)(C)O)cn5ncc(C#N)c45)cn2)C3)cc1F. The van der Waals surface area contributed by atoms with Crippen LogP contribution in [-0.4, -0.2) is 85.0 Å². The van der Waals surface area contributed by atoms with Crippen molar-refractivity contribution in [1.29, 1.82) is 5.26 Å². The molecule has 2 unspecified atom stereocenters. The van der Waals surface area contributed by atoms with Gasteiger partial charge in [0.2, 0.25) is 5.88 Å². The number of halogens is 1. The number of aliphatic hydroxyl groups is 1. The predicted octanol–water partition coefficient (Wildman–Crippen LogP) is 2.46. The number of aromatic nitrogens is 5. The summed E-state index contributed by atoms with van der Waals surface area (Å²) in [6.45, 7) is 4.49. The molecule has 41 heavy (non-hydrogen) atoms. The molecule has 0 radical (unpaired) electrons. The number of methoxy groups -OCH3 is 1. The summed E-state index contributed by atoms with van der Waals surface area (Å²) in [7, 11) is 1.32. The number of nitriles is 1. The van der Waals surface area contributed by atoms with Gasteiger partial charge in [-0.15, -0.1) is 0 Å². The Bertz CT molecular complexity index is 1670. The third-order valence-corrected chi connectivity index (χ3v) is 7.21. The van der Waals surface area contributed by atoms with Crippen molar-refractivity contribution in [3.63, 3.8) is 0 Å². The molecule has 3 aliphatic heterocycles. The molecular weight excluding hydrogens is 531 g/mol. The zero-order valence-electron chi connectivity index (χ0n) is 22.7. The van der Waals surface area contributed by atoms with Crippen LogP contribution in [0.3, 0.4) is 0 Å². The van der Waals surface area contributed by atoms with Crippen LogP contribution in [0.4, 0.5) is 10.2 Å². The van der Waals surface area contributed by atoms with Crippen LogP contribution in [-0.2, 0) is 0 Å². The topological polar surface area (TPSA) is 142 Å². The van der Waals surface area contributed by atoms with E-state index in [1.807, 2.05) is 0 Å². The second-order valence-corrected chi connectivity index (χ2v) is 10.8. The number of carbonyl (C=O) groups is 1. The molecule has 13 heteroatoms. The van der Waals surface area contributed by atoms with Crippen molar-refractivity contribution >= 4 is 17.2 Å². The molecule has 4 aromatic heterocycles. The fourth-order valence-electron chi connectivity index (χ4n) is 5.31. The van der Waals surface area contributed by atoms with Gasteiger partial charge in [-0.25, -0.2) is 18.9 Å². The average molecular weight is 559 g/mol. The fraction of sp³-hybridized carbons (Fsp3) is 0.357. The van der Waals surface area contributed by atoms with Gasteiger partial charge in [-0.1, -0.05) is 0 Å². The molecular formula is C28H27FN8O4. The Morgan fingerprint density at radius 2 is 1.95 bits per heavy atom. The Labute approximate surface area is 234 Å². The highest BCUT2D eigenvalue weighted by molar-refractivity contribution is 5.95. The van der Waals surface area contributed by atoms with Crippen LogP contribution in [0.5, 0.6) is 11.6 Å². The molecule has 1 amide bonds. The number of carbonyl (C=O) groups excluding carboxylic acids is 1. The number of piperidine rings is 1. The van der Waals surface area contributed by atoms with Crippen molar-refractivity contribution in [3.8, 4) is 29.0 Å². The highest BCUT2D eigenvalue weighted by atomic mass is 19.1. The van der Waals surface area contributed by atoms with E-state index in [2.05, 4.69) is 31.0 Å². The van der Waals surface area contributed by atoms with Crippen molar-refractivity contribution in [2.75, 3.05) is 31.7 Å². The number of anilines is 1. The molecule has 3 aliphatic rings. The first kappa shape index (κ1) is 26.4. The van der Waals surface area contributed by atoms with Crippen LogP contribution in [0.1, 0.15) is 36.2 Å². The molecule has 2 bridgehead atoms. The first-order valence-corrected chi connectivity index (χ1v) is 13.0. The summed E-state index contributed by atoms with van der Waals surface area (Å²) in [4.78, 5) is 30.1. The number of fused-ring (bicyclic) bond motifs is 3. The first-order chi connectivity index (χ1) is 19.6. The smallest absolute Gasteiger partial charge is 0.256 e. The Hall–Kier alpha value is -4.83. The van der Waals surface area contributed by atoms with Crippen LogP contribution < -0.4 is 14.4 Å². The van der Waals surface area contributed by atoms with E-state index in [1.54, 1.807) is 47.9 Å². The normalized spacial score (nSPS) is 18.1. The molecule has 0 saturated carbocycles. The molecule has 1 N–H and O–H groups in total. The van der Waals surface area contributed by atoms with Crippen molar-refractivity contribution in [1.82, 2.24) is 29.5 Å². The van der Waals surface area contributed by atoms with Gasteiger partial charge in [0.15, 0.2) is 5.82 Å². The summed E-state index contributed by atoms with van der Waals surface area (Å²) >= 11 is 0. The second-order valence-electron chi connectivity index (χ2n) is 10.8. The highest BCUT2D eigenvalue weighted by Crippen LogP contribution is 2.36. The van der Waals surface area contributed by atoms with E-state index in [9.17, 15) is 19.6 Å². The molecule has 0 aromatic carbocycles. The van der Waals surface area contributed by atoms with Crippen LogP contribution in [0.2, 0.25) is 0 Å². The van der Waals surface area contributed by atoms with E-state index in [0.717, 1.165) is 12.5 Å². The number of hydrogen-bond donors (Lipinski definition) is 1. The lowest BCUT2D eigenvalue weighted by Gasteiger charge is -2.56. The Morgan fingerprint density at radius 3 is 2.59 bits per heavy atom. The van der Waals surface area contributed by atoms with Crippen molar-refractivity contribution in [2.45, 2.75) is 38.0 Å². The minimum Gasteiger partial charge on any atom is -0.489 e. The molecule has 0 aliphatic carbocycles. The second kappa shape index (κ2) is 9.97. The fourth-order valence-corrected chi connectivity index (χ4v) is 5.31. The van der Waals surface area contributed by atoms with Crippen molar-refractivity contribution < 1.29 is 23.8 Å². The van der Waals surface area contributed by atoms with Crippen LogP contribution >= 0.6 is 0 Å². The van der Waals surface area contributed by atoms with Crippen molar-refractivity contribution in [2.24, 2.45) is 0 Å². The lowest BCUT2D eigenvalue weighted by Crippen LogP contribution is -2.70. The number of rotatable bonds is 7. The predicted molar refractivity (Wildman–Crippen MR) is 144 cm³/mol. The summed E-state index contributed by atoms with van der Waals surface area (Å²) in [6.07, 6.45) is 8.61. The van der Waals surface area contributed by atoms with Gasteiger partial charge in [-0.2, -0.15) is 10.4 Å². The number of ether oxygens (including phenoxy) is 2. The number of nitrogens with zero attached hydrogens (tertiary/aromatic N) is 8. The van der Waals surface area contributed by atoms with Gasteiger partial charge >= 0.3 is 0 Å². The van der Waals surface area contributed by atoms with E-state index in [0.29, 0.717) is 47.0 Å². The minimum atomic E-state index is -1.03. The van der Waals surface area contributed by atoms with E-state index < -0.39 is 11.4 Å². The first-order valence-electron chi connectivity index (χ1n) is 13.0. The van der Waals surface area contributed by atoms with Gasteiger partial charge in [-0.05, 0) is 32.4 Å². The average Bonchev–Trinajstić information content (AvgIpc) is 3.38. The van der Waals surface area contributed by atoms with E-state index in [1.165, 1.54) is 19.5 Å². The largest absolute Gasteiger partial charge is 0.489 e. The molecule has 7 rings (SSSR count). The van der Waals surface area contributed by atoms with Gasteiger partial charge in [0.05, 0.1) is 71.9 Å². The Kier molecular flexibility index (Phi) is 6.42. The quantitative estimate of drug-likeness (QED) is 0.359. The zero-order valence-corrected chi connectivity index (χ0v) is 22.7. The summed E-state index contributed by atoms with van der Waals surface area (Å²) in [5.74, 6) is 0.0365. The van der Waals surface area contributed by atoms with Gasteiger partial charge in [0.25, 0.3) is 5.91 Å². The van der Waals surface area contributed by atoms with Gasteiger partial charge in [0, 0.05) is 24.8 Å². The molecule has 4 aromatic rings. The van der Waals surface area contributed by atoms with Crippen molar-refractivity contribution in [3.05, 3.63) is 60.1 Å². The van der Waals surface area contributed by atoms with Crippen LogP contribution in [0.25, 0.3) is 16.8 Å². The molecule has 3 saturated heterocycles. The Morgan fingerprint density at radius 1 is 1.17 bits per heavy atom. The number of pyridine rings is 2. The van der Waals surface area contributed by atoms with Gasteiger partial charge in [0.1, 0.15) is 24.2 Å². The van der Waals surface area contributed by atoms with Gasteiger partial charge in [-0.3, -0.25) is 9.78 Å². The molecule has 7 heterocycles. The number of piperazine rings is 1.